The molecule has 19 heavy (non-hydrogen) atoms. The van der Waals surface area contributed by atoms with Crippen LogP contribution in [-0.4, -0.2) is 0 Å². The molecule has 0 saturated carbocycles. The summed E-state index contributed by atoms with van der Waals surface area (Å²) in [5.74, 6) is 0. The first-order valence-corrected chi connectivity index (χ1v) is 8.84. The van der Waals surface area contributed by atoms with Crippen LogP contribution in [-0.2, 0) is 6.42 Å². The fraction of sp³-hybridized carbons (Fsp3) is 0.333. The minimum Gasteiger partial charge on any atom is -0.377 e. The highest BCUT2D eigenvalue weighted by molar-refractivity contribution is 9.11. The molecule has 0 radical (unpaired) electrons. The van der Waals surface area contributed by atoms with E-state index in [9.17, 15) is 0 Å². The average molecular weight is 401 g/mol. The van der Waals surface area contributed by atoms with Gasteiger partial charge in [0.25, 0.3) is 0 Å². The van der Waals surface area contributed by atoms with E-state index in [2.05, 4.69) is 68.4 Å². The molecule has 0 bridgehead atoms. The van der Waals surface area contributed by atoms with Crippen LogP contribution in [0.25, 0.3) is 0 Å². The molecule has 0 fully saturated rings. The van der Waals surface area contributed by atoms with E-state index >= 15 is 0 Å². The van der Waals surface area contributed by atoms with Crippen LogP contribution in [0.3, 0.4) is 0 Å². The molecular weight excluding hydrogens is 386 g/mol. The maximum absolute atomic E-state index is 3.70. The summed E-state index contributed by atoms with van der Waals surface area (Å²) >= 11 is 9.12. The van der Waals surface area contributed by atoms with E-state index in [4.69, 9.17) is 0 Å². The Morgan fingerprint density at radius 3 is 2.95 bits per heavy atom. The van der Waals surface area contributed by atoms with Gasteiger partial charge in [-0.25, -0.2) is 0 Å². The van der Waals surface area contributed by atoms with E-state index in [1.807, 2.05) is 11.3 Å². The molecule has 0 saturated heterocycles. The molecule has 100 valence electrons. The fourth-order valence-electron chi connectivity index (χ4n) is 2.61. The molecular formula is C15H15Br2NS. The third-order valence-electron chi connectivity index (χ3n) is 3.54. The molecule has 1 aromatic heterocycles. The maximum atomic E-state index is 3.70. The van der Waals surface area contributed by atoms with E-state index in [0.717, 1.165) is 4.47 Å². The van der Waals surface area contributed by atoms with Gasteiger partial charge in [-0.3, -0.25) is 0 Å². The van der Waals surface area contributed by atoms with Gasteiger partial charge >= 0.3 is 0 Å². The molecule has 2 aromatic rings. The third kappa shape index (κ3) is 2.91. The van der Waals surface area contributed by atoms with Crippen LogP contribution in [0.15, 0.2) is 32.5 Å². The number of anilines is 1. The molecule has 1 atom stereocenters. The average Bonchev–Trinajstić information content (AvgIpc) is 2.75. The minimum atomic E-state index is 0.435. The lowest BCUT2D eigenvalue weighted by Crippen LogP contribution is -2.15. The van der Waals surface area contributed by atoms with E-state index in [0.29, 0.717) is 6.04 Å². The molecule has 1 aromatic carbocycles. The van der Waals surface area contributed by atoms with Crippen molar-refractivity contribution in [3.05, 3.63) is 48.5 Å². The van der Waals surface area contributed by atoms with Gasteiger partial charge in [0.15, 0.2) is 0 Å². The second-order valence-electron chi connectivity index (χ2n) is 5.00. The Labute approximate surface area is 134 Å². The van der Waals surface area contributed by atoms with Gasteiger partial charge in [-0.05, 0) is 87.4 Å². The number of nitrogens with one attached hydrogen (secondary N) is 1. The van der Waals surface area contributed by atoms with Gasteiger partial charge in [0.1, 0.15) is 0 Å². The summed E-state index contributed by atoms with van der Waals surface area (Å²) in [5, 5.41) is 3.70. The largest absolute Gasteiger partial charge is 0.377 e. The molecule has 1 N–H and O–H groups in total. The zero-order chi connectivity index (χ0) is 13.4. The van der Waals surface area contributed by atoms with Gasteiger partial charge in [-0.15, -0.1) is 11.3 Å². The van der Waals surface area contributed by atoms with Crippen LogP contribution in [0.5, 0.6) is 0 Å². The van der Waals surface area contributed by atoms with Crippen molar-refractivity contribution < 1.29 is 0 Å². The molecule has 1 heterocycles. The molecule has 1 aliphatic rings. The van der Waals surface area contributed by atoms with Gasteiger partial charge in [0, 0.05) is 15.0 Å². The minimum absolute atomic E-state index is 0.435. The van der Waals surface area contributed by atoms with Crippen molar-refractivity contribution in [2.45, 2.75) is 32.2 Å². The number of benzene rings is 1. The number of thiophene rings is 1. The standard InChI is InChI=1S/C15H15Br2NS/c1-9-5-6-11(16)13(7-9)18-12-3-2-4-14-10(12)8-15(17)19-14/h5-8,12,18H,2-4H2,1H3. The van der Waals surface area contributed by atoms with Crippen molar-refractivity contribution in [3.8, 4) is 0 Å². The highest BCUT2D eigenvalue weighted by Gasteiger charge is 2.23. The van der Waals surface area contributed by atoms with E-state index in [-0.39, 0.29) is 0 Å². The summed E-state index contributed by atoms with van der Waals surface area (Å²) in [7, 11) is 0. The SMILES string of the molecule is Cc1ccc(Br)c(NC2CCCc3sc(Br)cc32)c1. The second-order valence-corrected chi connectivity index (χ2v) is 8.37. The first kappa shape index (κ1) is 13.7. The number of rotatable bonds is 2. The van der Waals surface area contributed by atoms with E-state index in [1.165, 1.54) is 44.7 Å². The Hall–Kier alpha value is -0.320. The molecule has 0 spiro atoms. The highest BCUT2D eigenvalue weighted by atomic mass is 79.9. The van der Waals surface area contributed by atoms with Gasteiger partial charge in [0.2, 0.25) is 0 Å². The number of hydrogen-bond donors (Lipinski definition) is 1. The maximum Gasteiger partial charge on any atom is 0.0705 e. The first-order valence-electron chi connectivity index (χ1n) is 6.44. The molecule has 3 rings (SSSR count). The number of fused-ring (bicyclic) bond motifs is 1. The van der Waals surface area contributed by atoms with Gasteiger partial charge in [-0.2, -0.15) is 0 Å². The summed E-state index contributed by atoms with van der Waals surface area (Å²) in [4.78, 5) is 1.53. The Balaban J connectivity index is 1.90. The van der Waals surface area contributed by atoms with Crippen LogP contribution >= 0.6 is 43.2 Å². The van der Waals surface area contributed by atoms with Crippen LogP contribution in [0, 0.1) is 6.92 Å². The molecule has 4 heteroatoms. The number of hydrogen-bond acceptors (Lipinski definition) is 2. The van der Waals surface area contributed by atoms with Gasteiger partial charge < -0.3 is 5.32 Å². The Morgan fingerprint density at radius 1 is 1.26 bits per heavy atom. The topological polar surface area (TPSA) is 12.0 Å². The predicted octanol–water partition coefficient (Wildman–Crippen LogP) is 6.07. The predicted molar refractivity (Wildman–Crippen MR) is 90.2 cm³/mol. The third-order valence-corrected chi connectivity index (χ3v) is 5.94. The van der Waals surface area contributed by atoms with Crippen LogP contribution in [0.4, 0.5) is 5.69 Å². The molecule has 1 nitrogen and oxygen atoms in total. The summed E-state index contributed by atoms with van der Waals surface area (Å²) in [6.45, 7) is 2.13. The number of aryl methyl sites for hydroxylation is 2. The quantitative estimate of drug-likeness (QED) is 0.644. The zero-order valence-electron chi connectivity index (χ0n) is 10.7. The lowest BCUT2D eigenvalue weighted by Gasteiger charge is -2.25. The lowest BCUT2D eigenvalue weighted by atomic mass is 9.94. The monoisotopic (exact) mass is 399 g/mol. The fourth-order valence-corrected chi connectivity index (χ4v) is 4.79. The van der Waals surface area contributed by atoms with Crippen molar-refractivity contribution in [2.75, 3.05) is 5.32 Å². The van der Waals surface area contributed by atoms with E-state index in [1.54, 1.807) is 0 Å². The summed E-state index contributed by atoms with van der Waals surface area (Å²) in [6, 6.07) is 9.16. The first-order chi connectivity index (χ1) is 9.13. The van der Waals surface area contributed by atoms with Crippen LogP contribution < -0.4 is 5.32 Å². The summed E-state index contributed by atoms with van der Waals surface area (Å²) in [5.41, 5.74) is 3.95. The normalized spacial score (nSPS) is 18.2. The summed E-state index contributed by atoms with van der Waals surface area (Å²) < 4.78 is 2.38. The van der Waals surface area contributed by atoms with Crippen molar-refractivity contribution in [1.29, 1.82) is 0 Å². The van der Waals surface area contributed by atoms with E-state index < -0.39 is 0 Å². The Bertz CT molecular complexity index is 606. The molecule has 1 aliphatic carbocycles. The molecule has 0 amide bonds. The Morgan fingerprint density at radius 2 is 2.11 bits per heavy atom. The highest BCUT2D eigenvalue weighted by Crippen LogP contribution is 2.40. The van der Waals surface area contributed by atoms with Crippen LogP contribution in [0.2, 0.25) is 0 Å². The molecule has 1 unspecified atom stereocenters. The van der Waals surface area contributed by atoms with Crippen molar-refractivity contribution in [2.24, 2.45) is 0 Å². The summed E-state index contributed by atoms with van der Waals surface area (Å²) in [6.07, 6.45) is 3.69. The van der Waals surface area contributed by atoms with Crippen molar-refractivity contribution in [3.63, 3.8) is 0 Å². The zero-order valence-corrected chi connectivity index (χ0v) is 14.7. The van der Waals surface area contributed by atoms with Crippen molar-refractivity contribution >= 4 is 48.9 Å². The lowest BCUT2D eigenvalue weighted by molar-refractivity contribution is 0.608. The van der Waals surface area contributed by atoms with Gasteiger partial charge in [-0.1, -0.05) is 6.07 Å². The smallest absolute Gasteiger partial charge is 0.0705 e. The Kier molecular flexibility index (Phi) is 4.01. The number of halogens is 2. The van der Waals surface area contributed by atoms with Crippen LogP contribution in [0.1, 0.15) is 34.9 Å². The van der Waals surface area contributed by atoms with Gasteiger partial charge in [0.05, 0.1) is 9.83 Å². The molecule has 0 aliphatic heterocycles. The second kappa shape index (κ2) is 5.58. The van der Waals surface area contributed by atoms with Crippen molar-refractivity contribution in [1.82, 2.24) is 0 Å².